The van der Waals surface area contributed by atoms with E-state index in [1.54, 1.807) is 31.2 Å². The standard InChI is InChI=1S/C27H17Cl7N2O5/c1-11-8-13(41-24(40)12-9-17(37)35(10-12)16-5-3-2-4-14(16)28)6-7-15(11)36-22(38)18-19(23(36)39)26(32)21(30)20(29)25(18,31)27(26,33)34/h2-8,12,18-19H,9-10H2,1H3/t12-,18-,19+,25+,26+/m0/s1. The molecule has 2 aromatic carbocycles. The van der Waals surface area contributed by atoms with Gasteiger partial charge in [-0.3, -0.25) is 19.2 Å². The van der Waals surface area contributed by atoms with Crippen molar-refractivity contribution in [2.75, 3.05) is 16.3 Å². The fourth-order valence-corrected chi connectivity index (χ4v) is 9.31. The number of esters is 1. The maximum absolute atomic E-state index is 13.7. The highest BCUT2D eigenvalue weighted by Crippen LogP contribution is 2.77. The molecule has 0 spiro atoms. The van der Waals surface area contributed by atoms with Crippen LogP contribution in [0.2, 0.25) is 5.02 Å². The molecule has 41 heavy (non-hydrogen) atoms. The number of carbonyl (C=O) groups is 4. The van der Waals surface area contributed by atoms with Crippen LogP contribution in [0.4, 0.5) is 11.4 Å². The lowest BCUT2D eigenvalue weighted by molar-refractivity contribution is -0.139. The van der Waals surface area contributed by atoms with E-state index in [4.69, 9.17) is 85.9 Å². The molecule has 2 heterocycles. The van der Waals surface area contributed by atoms with Crippen LogP contribution in [0.25, 0.3) is 0 Å². The molecule has 2 bridgehead atoms. The molecular formula is C27H17Cl7N2O5. The first-order valence-corrected chi connectivity index (χ1v) is 14.9. The number of hydrogen-bond donors (Lipinski definition) is 0. The molecule has 0 radical (unpaired) electrons. The van der Waals surface area contributed by atoms with Gasteiger partial charge < -0.3 is 9.64 Å². The first kappa shape index (κ1) is 29.4. The van der Waals surface area contributed by atoms with Crippen molar-refractivity contribution in [1.82, 2.24) is 0 Å². The SMILES string of the molecule is Cc1cc(OC(=O)[C@H]2CC(=O)N(c3ccccc3Cl)C2)ccc1N1C(=O)[C@@H]2[C@H](C1=O)[C@@]1(Cl)C(Cl)=C(Cl)[C@@]2(Cl)C1(Cl)Cl. The van der Waals surface area contributed by atoms with Gasteiger partial charge in [0.2, 0.25) is 17.7 Å². The number of hydrogen-bond acceptors (Lipinski definition) is 5. The Bertz CT molecular complexity index is 1570. The molecule has 5 atom stereocenters. The molecule has 0 unspecified atom stereocenters. The molecule has 0 N–H and O–H groups in total. The Labute approximate surface area is 269 Å². The third-order valence-electron chi connectivity index (χ3n) is 8.14. The Morgan fingerprint density at radius 1 is 0.878 bits per heavy atom. The molecule has 4 aliphatic rings. The number of para-hydroxylation sites is 1. The maximum Gasteiger partial charge on any atom is 0.316 e. The third-order valence-corrected chi connectivity index (χ3v) is 12.7. The molecular weight excluding hydrogens is 680 g/mol. The molecule has 2 aromatic rings. The van der Waals surface area contributed by atoms with Crippen molar-refractivity contribution < 1.29 is 23.9 Å². The zero-order chi connectivity index (χ0) is 29.8. The van der Waals surface area contributed by atoms with Crippen LogP contribution in [0.3, 0.4) is 0 Å². The third kappa shape index (κ3) is 3.73. The summed E-state index contributed by atoms with van der Waals surface area (Å²) in [6.07, 6.45) is -0.0389. The molecule has 2 aliphatic heterocycles. The van der Waals surface area contributed by atoms with E-state index >= 15 is 0 Å². The summed E-state index contributed by atoms with van der Waals surface area (Å²) >= 11 is 45.6. The summed E-state index contributed by atoms with van der Waals surface area (Å²) in [6, 6.07) is 11.2. The van der Waals surface area contributed by atoms with Crippen molar-refractivity contribution in [1.29, 1.82) is 0 Å². The van der Waals surface area contributed by atoms with Crippen molar-refractivity contribution in [3.05, 3.63) is 63.1 Å². The molecule has 7 nitrogen and oxygen atoms in total. The van der Waals surface area contributed by atoms with Crippen molar-refractivity contribution in [3.8, 4) is 5.75 Å². The first-order chi connectivity index (χ1) is 19.2. The van der Waals surface area contributed by atoms with Crippen LogP contribution in [0.5, 0.6) is 5.75 Å². The quantitative estimate of drug-likeness (QED) is 0.157. The molecule has 6 rings (SSSR count). The minimum absolute atomic E-state index is 0.0389. The van der Waals surface area contributed by atoms with E-state index in [1.807, 2.05) is 0 Å². The van der Waals surface area contributed by atoms with Gasteiger partial charge in [-0.05, 0) is 42.8 Å². The summed E-state index contributed by atoms with van der Waals surface area (Å²) in [6.45, 7) is 1.74. The van der Waals surface area contributed by atoms with Crippen molar-refractivity contribution in [2.45, 2.75) is 27.4 Å². The normalized spacial score (nSPS) is 31.9. The number of benzene rings is 2. The molecule has 214 valence electrons. The summed E-state index contributed by atoms with van der Waals surface area (Å²) in [4.78, 5) is 51.4. The maximum atomic E-state index is 13.7. The lowest BCUT2D eigenvalue weighted by Crippen LogP contribution is -2.50. The van der Waals surface area contributed by atoms with E-state index in [0.29, 0.717) is 16.3 Å². The first-order valence-electron chi connectivity index (χ1n) is 12.2. The van der Waals surface area contributed by atoms with Gasteiger partial charge in [0.25, 0.3) is 0 Å². The summed E-state index contributed by atoms with van der Waals surface area (Å²) in [5.74, 6) is -5.33. The number of fused-ring (bicyclic) bond motifs is 5. The minimum atomic E-state index is -2.03. The van der Waals surface area contributed by atoms with Crippen LogP contribution in [-0.4, -0.2) is 44.3 Å². The second kappa shape index (κ2) is 9.65. The highest BCUT2D eigenvalue weighted by Gasteiger charge is 2.87. The van der Waals surface area contributed by atoms with Crippen LogP contribution in [0.1, 0.15) is 12.0 Å². The van der Waals surface area contributed by atoms with E-state index < -0.39 is 49.6 Å². The zero-order valence-electron chi connectivity index (χ0n) is 20.8. The molecule has 3 fully saturated rings. The van der Waals surface area contributed by atoms with E-state index in [2.05, 4.69) is 0 Å². The Morgan fingerprint density at radius 3 is 2.02 bits per heavy atom. The predicted molar refractivity (Wildman–Crippen MR) is 159 cm³/mol. The largest absolute Gasteiger partial charge is 0.426 e. The highest BCUT2D eigenvalue weighted by atomic mass is 35.5. The van der Waals surface area contributed by atoms with E-state index in [-0.39, 0.29) is 40.4 Å². The average molecular weight is 698 g/mol. The topological polar surface area (TPSA) is 84.0 Å². The number of halogens is 7. The summed E-state index contributed by atoms with van der Waals surface area (Å²) in [7, 11) is 0. The second-order valence-corrected chi connectivity index (χ2v) is 14.0. The Hall–Kier alpha value is -1.71. The van der Waals surface area contributed by atoms with Crippen LogP contribution < -0.4 is 14.5 Å². The van der Waals surface area contributed by atoms with Gasteiger partial charge in [0.1, 0.15) is 15.5 Å². The van der Waals surface area contributed by atoms with Gasteiger partial charge in [0.05, 0.1) is 44.2 Å². The number of alkyl halides is 4. The number of nitrogens with zero attached hydrogens (tertiary/aromatic N) is 2. The lowest BCUT2D eigenvalue weighted by atomic mass is 9.84. The molecule has 2 aliphatic carbocycles. The number of aryl methyl sites for hydroxylation is 1. The lowest BCUT2D eigenvalue weighted by Gasteiger charge is -2.34. The summed E-state index contributed by atoms with van der Waals surface area (Å²) < 4.78 is 3.53. The fourth-order valence-electron chi connectivity index (χ4n) is 6.14. The number of carbonyl (C=O) groups excluding carboxylic acids is 4. The van der Waals surface area contributed by atoms with E-state index in [9.17, 15) is 19.2 Å². The van der Waals surface area contributed by atoms with Gasteiger partial charge in [-0.25, -0.2) is 4.90 Å². The Balaban J connectivity index is 1.22. The van der Waals surface area contributed by atoms with Crippen molar-refractivity contribution >= 4 is 116 Å². The zero-order valence-corrected chi connectivity index (χ0v) is 26.1. The van der Waals surface area contributed by atoms with Gasteiger partial charge in [0.15, 0.2) is 4.33 Å². The molecule has 3 amide bonds. The number of amides is 3. The smallest absolute Gasteiger partial charge is 0.316 e. The Kier molecular flexibility index (Phi) is 6.91. The molecule has 14 heteroatoms. The number of anilines is 2. The van der Waals surface area contributed by atoms with Gasteiger partial charge in [-0.15, -0.1) is 23.2 Å². The monoisotopic (exact) mass is 694 g/mol. The van der Waals surface area contributed by atoms with Gasteiger partial charge >= 0.3 is 5.97 Å². The number of ether oxygens (including phenoxy) is 1. The molecule has 2 saturated heterocycles. The molecule has 1 saturated carbocycles. The van der Waals surface area contributed by atoms with Gasteiger partial charge in [-0.2, -0.15) is 0 Å². The summed E-state index contributed by atoms with van der Waals surface area (Å²) in [5.41, 5.74) is 1.17. The highest BCUT2D eigenvalue weighted by molar-refractivity contribution is 6.67. The Morgan fingerprint density at radius 2 is 1.46 bits per heavy atom. The number of rotatable bonds is 4. The van der Waals surface area contributed by atoms with Crippen LogP contribution in [-0.2, 0) is 19.2 Å². The minimum Gasteiger partial charge on any atom is -0.426 e. The second-order valence-electron chi connectivity index (χ2n) is 10.3. The summed E-state index contributed by atoms with van der Waals surface area (Å²) in [5, 5.41) is 0.0395. The average Bonchev–Trinajstić information content (AvgIpc) is 3.50. The van der Waals surface area contributed by atoms with Gasteiger partial charge in [-0.1, -0.05) is 70.1 Å². The molecule has 0 aromatic heterocycles. The van der Waals surface area contributed by atoms with Crippen LogP contribution >= 0.6 is 81.2 Å². The predicted octanol–water partition coefficient (Wildman–Crippen LogP) is 6.56. The number of imide groups is 1. The number of allylic oxidation sites excluding steroid dienone is 2. The van der Waals surface area contributed by atoms with Gasteiger partial charge in [0, 0.05) is 13.0 Å². The van der Waals surface area contributed by atoms with Crippen molar-refractivity contribution in [3.63, 3.8) is 0 Å². The van der Waals surface area contributed by atoms with Crippen LogP contribution in [0.15, 0.2) is 52.5 Å². The fraction of sp³-hybridized carbons (Fsp3) is 0.333. The van der Waals surface area contributed by atoms with E-state index in [0.717, 1.165) is 4.90 Å². The van der Waals surface area contributed by atoms with Crippen molar-refractivity contribution in [2.24, 2.45) is 17.8 Å². The van der Waals surface area contributed by atoms with Crippen LogP contribution in [0, 0.1) is 24.7 Å². The van der Waals surface area contributed by atoms with E-state index in [1.165, 1.54) is 23.1 Å².